The summed E-state index contributed by atoms with van der Waals surface area (Å²) in [5, 5.41) is 13.8. The topological polar surface area (TPSA) is 129 Å². The Morgan fingerprint density at radius 1 is 1.11 bits per heavy atom. The summed E-state index contributed by atoms with van der Waals surface area (Å²) in [5.74, 6) is -1.22. The Hall–Kier alpha value is -4.49. The second kappa shape index (κ2) is 10.6. The minimum Gasteiger partial charge on any atom is -0.444 e. The summed E-state index contributed by atoms with van der Waals surface area (Å²) in [6.45, 7) is 5.07. The number of aromatic nitrogens is 6. The number of anilines is 1. The fourth-order valence-corrected chi connectivity index (χ4v) is 6.36. The first-order chi connectivity index (χ1) is 21.4. The number of fused-ring (bicyclic) bond motifs is 3. The van der Waals surface area contributed by atoms with Gasteiger partial charge in [0.1, 0.15) is 22.8 Å². The first-order valence-electron chi connectivity index (χ1n) is 14.0. The highest BCUT2D eigenvalue weighted by Gasteiger charge is 2.56. The number of aliphatic imine (C=N–C) groups is 1. The number of allylic oxidation sites excluding steroid dienone is 1. The predicted octanol–water partition coefficient (Wildman–Crippen LogP) is 6.52. The van der Waals surface area contributed by atoms with Gasteiger partial charge in [0.05, 0.1) is 23.1 Å². The molecule has 11 nitrogen and oxygen atoms in total. The fraction of sp³-hybridized carbons (Fsp3) is 0.300. The molecule has 4 aromatic rings. The fourth-order valence-electron chi connectivity index (χ4n) is 5.98. The van der Waals surface area contributed by atoms with Gasteiger partial charge in [0.15, 0.2) is 5.82 Å². The Kier molecular flexibility index (Phi) is 6.86. The molecular formula is C30H24Cl2F2N8O3. The Morgan fingerprint density at radius 2 is 1.91 bits per heavy atom. The molecule has 3 aliphatic rings. The number of hydrogen-bond donors (Lipinski definition) is 1. The number of rotatable bonds is 5. The van der Waals surface area contributed by atoms with Gasteiger partial charge in [0.2, 0.25) is 5.95 Å². The number of ether oxygens (including phenoxy) is 1. The van der Waals surface area contributed by atoms with E-state index in [1.807, 2.05) is 0 Å². The molecule has 230 valence electrons. The van der Waals surface area contributed by atoms with Crippen molar-refractivity contribution >= 4 is 46.3 Å². The zero-order valence-corrected chi connectivity index (χ0v) is 25.6. The van der Waals surface area contributed by atoms with Crippen molar-refractivity contribution in [2.45, 2.75) is 51.2 Å². The Bertz CT molecular complexity index is 2020. The Balaban J connectivity index is 1.17. The standard InChI is InChI=1S/C30H24Cl2F2N8O3/c1-30(2,3)45-29(44)38-19-6-5-14(25(33)24(19)32)16-10-21(36-27(16)34)26-15-9-17(15)28-37-20(11-23(43)42(26)28)18-8-13(31)4-7-22(18)41-12-35-39-40-41/h4-8,11-12,15,17,26H,9-10H2,1-3H3,(H,38,44)/t15-,17+,26-/m0/s1. The highest BCUT2D eigenvalue weighted by molar-refractivity contribution is 6.34. The monoisotopic (exact) mass is 652 g/mol. The SMILES string of the molecule is CC(C)(C)OC(=O)Nc1ccc(C2=C(F)N=C([C@@H]3[C@H]4C[C@H]4c4nc(-c5cc(Cl)ccc5-n5cnnn5)cc(=O)n43)C2)c(F)c1Cl. The maximum absolute atomic E-state index is 15.5. The van der Waals surface area contributed by atoms with E-state index >= 15 is 8.78 Å². The molecule has 1 fully saturated rings. The van der Waals surface area contributed by atoms with Crippen LogP contribution >= 0.6 is 23.2 Å². The minimum absolute atomic E-state index is 0.00135. The van der Waals surface area contributed by atoms with Gasteiger partial charge in [-0.1, -0.05) is 23.2 Å². The molecule has 2 aliphatic heterocycles. The van der Waals surface area contributed by atoms with Crippen LogP contribution in [0.3, 0.4) is 0 Å². The number of nitrogens with one attached hydrogen (secondary N) is 1. The van der Waals surface area contributed by atoms with Gasteiger partial charge >= 0.3 is 6.09 Å². The van der Waals surface area contributed by atoms with E-state index in [0.29, 0.717) is 33.5 Å². The molecule has 1 amide bonds. The molecule has 15 heteroatoms. The van der Waals surface area contributed by atoms with Gasteiger partial charge in [0, 0.05) is 45.8 Å². The third-order valence-corrected chi connectivity index (χ3v) is 8.50. The average Bonchev–Trinajstić information content (AvgIpc) is 3.26. The smallest absolute Gasteiger partial charge is 0.412 e. The number of nitrogens with zero attached hydrogens (tertiary/aromatic N) is 7. The van der Waals surface area contributed by atoms with Crippen molar-refractivity contribution in [1.82, 2.24) is 29.8 Å². The zero-order chi connectivity index (χ0) is 31.8. The number of carbonyl (C=O) groups excluding carboxylic acids is 1. The number of hydrogen-bond acceptors (Lipinski definition) is 8. The summed E-state index contributed by atoms with van der Waals surface area (Å²) in [7, 11) is 0. The normalized spacial score (nSPS) is 20.2. The molecule has 0 radical (unpaired) electrons. The van der Waals surface area contributed by atoms with Crippen molar-refractivity contribution in [2.24, 2.45) is 10.9 Å². The molecule has 2 aromatic heterocycles. The molecule has 1 saturated carbocycles. The van der Waals surface area contributed by atoms with E-state index in [2.05, 4.69) is 25.8 Å². The van der Waals surface area contributed by atoms with Crippen LogP contribution in [0.4, 0.5) is 19.3 Å². The van der Waals surface area contributed by atoms with Gasteiger partial charge in [-0.05, 0) is 73.9 Å². The molecule has 0 unspecified atom stereocenters. The molecule has 4 heterocycles. The van der Waals surface area contributed by atoms with Gasteiger partial charge < -0.3 is 4.74 Å². The molecule has 3 atom stereocenters. The molecular weight excluding hydrogens is 629 g/mol. The van der Waals surface area contributed by atoms with E-state index < -0.39 is 34.5 Å². The van der Waals surface area contributed by atoms with Crippen molar-refractivity contribution < 1.29 is 18.3 Å². The summed E-state index contributed by atoms with van der Waals surface area (Å²) in [6.07, 6.45) is 1.34. The molecule has 45 heavy (non-hydrogen) atoms. The summed E-state index contributed by atoms with van der Waals surface area (Å²) in [4.78, 5) is 34.8. The lowest BCUT2D eigenvalue weighted by atomic mass is 9.97. The molecule has 1 aliphatic carbocycles. The Labute approximate surface area is 264 Å². The Morgan fingerprint density at radius 3 is 2.64 bits per heavy atom. The minimum atomic E-state index is -0.911. The van der Waals surface area contributed by atoms with E-state index in [1.165, 1.54) is 29.2 Å². The highest BCUT2D eigenvalue weighted by Crippen LogP contribution is 2.60. The quantitative estimate of drug-likeness (QED) is 0.243. The second-order valence-corrected chi connectivity index (χ2v) is 12.9. The van der Waals surface area contributed by atoms with Crippen LogP contribution in [0.2, 0.25) is 10.0 Å². The molecule has 2 aromatic carbocycles. The lowest BCUT2D eigenvalue weighted by Gasteiger charge is -2.20. The van der Waals surface area contributed by atoms with E-state index in [1.54, 1.807) is 43.5 Å². The summed E-state index contributed by atoms with van der Waals surface area (Å²) in [5.41, 5.74) is 0.748. The molecule has 1 N–H and O–H groups in total. The van der Waals surface area contributed by atoms with Crippen molar-refractivity contribution in [3.05, 3.63) is 86.3 Å². The lowest BCUT2D eigenvalue weighted by molar-refractivity contribution is 0.0636. The van der Waals surface area contributed by atoms with Crippen LogP contribution in [0.1, 0.15) is 57.0 Å². The van der Waals surface area contributed by atoms with Crippen LogP contribution in [0.25, 0.3) is 22.5 Å². The summed E-state index contributed by atoms with van der Waals surface area (Å²) >= 11 is 12.5. The van der Waals surface area contributed by atoms with E-state index in [9.17, 15) is 9.59 Å². The average molecular weight is 653 g/mol. The van der Waals surface area contributed by atoms with E-state index in [0.717, 1.165) is 6.42 Å². The first kappa shape index (κ1) is 29.2. The van der Waals surface area contributed by atoms with Crippen LogP contribution in [0, 0.1) is 11.7 Å². The maximum Gasteiger partial charge on any atom is 0.412 e. The van der Waals surface area contributed by atoms with Gasteiger partial charge in [0.25, 0.3) is 5.56 Å². The number of tetrazole rings is 1. The van der Waals surface area contributed by atoms with Gasteiger partial charge in [-0.25, -0.2) is 19.2 Å². The summed E-state index contributed by atoms with van der Waals surface area (Å²) in [6, 6.07) is 8.68. The van der Waals surface area contributed by atoms with Crippen LogP contribution in [0.15, 0.2) is 58.5 Å². The highest BCUT2D eigenvalue weighted by atomic mass is 35.5. The lowest BCUT2D eigenvalue weighted by Crippen LogP contribution is -2.30. The van der Waals surface area contributed by atoms with Crippen molar-refractivity contribution in [2.75, 3.05) is 5.32 Å². The second-order valence-electron chi connectivity index (χ2n) is 12.0. The van der Waals surface area contributed by atoms with E-state index in [-0.39, 0.29) is 40.6 Å². The number of amides is 1. The number of benzene rings is 2. The summed E-state index contributed by atoms with van der Waals surface area (Å²) < 4.78 is 39.0. The van der Waals surface area contributed by atoms with Crippen molar-refractivity contribution in [3.63, 3.8) is 0 Å². The van der Waals surface area contributed by atoms with Crippen molar-refractivity contribution in [1.29, 1.82) is 0 Å². The number of carbonyl (C=O) groups is 1. The molecule has 7 rings (SSSR count). The van der Waals surface area contributed by atoms with Gasteiger partial charge in [-0.3, -0.25) is 14.7 Å². The predicted molar refractivity (Wildman–Crippen MR) is 163 cm³/mol. The first-order valence-corrected chi connectivity index (χ1v) is 14.8. The maximum atomic E-state index is 15.5. The molecule has 0 spiro atoms. The third kappa shape index (κ3) is 5.19. The molecule has 0 saturated heterocycles. The zero-order valence-electron chi connectivity index (χ0n) is 24.1. The van der Waals surface area contributed by atoms with Crippen LogP contribution in [0.5, 0.6) is 0 Å². The van der Waals surface area contributed by atoms with Crippen LogP contribution in [-0.4, -0.2) is 47.2 Å². The van der Waals surface area contributed by atoms with Gasteiger partial charge in [-0.2, -0.15) is 9.07 Å². The largest absolute Gasteiger partial charge is 0.444 e. The third-order valence-electron chi connectivity index (χ3n) is 7.90. The molecule has 0 bridgehead atoms. The van der Waals surface area contributed by atoms with Crippen LogP contribution in [-0.2, 0) is 4.74 Å². The van der Waals surface area contributed by atoms with Gasteiger partial charge in [-0.15, -0.1) is 5.10 Å². The van der Waals surface area contributed by atoms with Crippen molar-refractivity contribution in [3.8, 4) is 16.9 Å². The number of halogens is 4. The van der Waals surface area contributed by atoms with Crippen LogP contribution < -0.4 is 10.9 Å². The van der Waals surface area contributed by atoms with E-state index in [4.69, 9.17) is 32.9 Å².